The number of hydrogen-bond acceptors (Lipinski definition) is 4. The highest BCUT2D eigenvalue weighted by molar-refractivity contribution is 6.15. The molecule has 1 aromatic rings. The highest BCUT2D eigenvalue weighted by atomic mass is 19.4. The molecule has 0 aliphatic carbocycles. The molecule has 1 aromatic heterocycles. The highest BCUT2D eigenvalue weighted by Crippen LogP contribution is 2.34. The van der Waals surface area contributed by atoms with Crippen LogP contribution in [0.1, 0.15) is 25.2 Å². The molecule has 0 radical (unpaired) electrons. The lowest BCUT2D eigenvalue weighted by atomic mass is 10.2. The van der Waals surface area contributed by atoms with Gasteiger partial charge in [-0.25, -0.2) is 9.67 Å². The van der Waals surface area contributed by atoms with Crippen LogP contribution in [0.2, 0.25) is 0 Å². The first-order valence-corrected chi connectivity index (χ1v) is 6.31. The van der Waals surface area contributed by atoms with E-state index in [0.29, 0.717) is 29.5 Å². The Bertz CT molecular complexity index is 626. The number of halogens is 3. The van der Waals surface area contributed by atoms with E-state index in [1.165, 1.54) is 0 Å². The molecular weight excluding hydrogens is 271 g/mol. The van der Waals surface area contributed by atoms with Crippen molar-refractivity contribution in [1.29, 1.82) is 0 Å². The highest BCUT2D eigenvalue weighted by Gasteiger charge is 2.38. The molecule has 2 aliphatic rings. The van der Waals surface area contributed by atoms with E-state index in [1.54, 1.807) is 6.92 Å². The molecule has 0 N–H and O–H groups in total. The number of fused-ring (bicyclic) bond motifs is 3. The predicted octanol–water partition coefficient (Wildman–Crippen LogP) is 2.27. The molecule has 108 valence electrons. The molecule has 2 aliphatic heterocycles. The third kappa shape index (κ3) is 1.99. The normalized spacial score (nSPS) is 21.5. The van der Waals surface area contributed by atoms with Crippen LogP contribution in [-0.2, 0) is 6.54 Å². The first-order chi connectivity index (χ1) is 9.26. The number of aryl methyl sites for hydroxylation is 1. The van der Waals surface area contributed by atoms with Crippen molar-refractivity contribution in [2.24, 2.45) is 9.98 Å². The van der Waals surface area contributed by atoms with Gasteiger partial charge in [0.15, 0.2) is 5.84 Å². The van der Waals surface area contributed by atoms with E-state index in [-0.39, 0.29) is 6.04 Å². The first-order valence-electron chi connectivity index (χ1n) is 6.31. The van der Waals surface area contributed by atoms with E-state index in [4.69, 9.17) is 0 Å². The van der Waals surface area contributed by atoms with Gasteiger partial charge in [0, 0.05) is 6.54 Å². The lowest BCUT2D eigenvalue weighted by molar-refractivity contribution is -0.142. The molecule has 0 spiro atoms. The molecule has 0 saturated heterocycles. The summed E-state index contributed by atoms with van der Waals surface area (Å²) in [4.78, 5) is 10.7. The van der Waals surface area contributed by atoms with Gasteiger partial charge in [-0.1, -0.05) is 0 Å². The molecule has 3 heterocycles. The Morgan fingerprint density at radius 3 is 2.65 bits per heavy atom. The van der Waals surface area contributed by atoms with Crippen molar-refractivity contribution >= 4 is 17.4 Å². The second kappa shape index (κ2) is 4.07. The summed E-state index contributed by atoms with van der Waals surface area (Å²) in [7, 11) is 0. The largest absolute Gasteiger partial charge is 0.408 e. The van der Waals surface area contributed by atoms with Crippen molar-refractivity contribution in [3.63, 3.8) is 0 Å². The average Bonchev–Trinajstić information content (AvgIpc) is 2.79. The summed E-state index contributed by atoms with van der Waals surface area (Å²) in [6.45, 7) is 4.93. The maximum absolute atomic E-state index is 12.7. The quantitative estimate of drug-likeness (QED) is 0.794. The van der Waals surface area contributed by atoms with Crippen LogP contribution in [-0.4, -0.2) is 45.1 Å². The second-order valence-electron chi connectivity index (χ2n) is 5.13. The van der Waals surface area contributed by atoms with Crippen LogP contribution < -0.4 is 0 Å². The zero-order chi connectivity index (χ0) is 14.7. The van der Waals surface area contributed by atoms with Crippen LogP contribution in [0.4, 0.5) is 18.9 Å². The van der Waals surface area contributed by atoms with E-state index in [9.17, 15) is 13.2 Å². The predicted molar refractivity (Wildman–Crippen MR) is 68.5 cm³/mol. The van der Waals surface area contributed by atoms with Crippen molar-refractivity contribution in [3.05, 3.63) is 11.4 Å². The summed E-state index contributed by atoms with van der Waals surface area (Å²) in [5.74, 6) is 1.29. The Kier molecular flexibility index (Phi) is 2.67. The molecule has 1 unspecified atom stereocenters. The van der Waals surface area contributed by atoms with Gasteiger partial charge in [-0.05, 0) is 20.8 Å². The van der Waals surface area contributed by atoms with E-state index in [0.717, 1.165) is 10.5 Å². The summed E-state index contributed by atoms with van der Waals surface area (Å²) in [6, 6.07) is 0.0376. The van der Waals surface area contributed by atoms with Gasteiger partial charge in [0.25, 0.3) is 0 Å². The monoisotopic (exact) mass is 285 g/mol. The Morgan fingerprint density at radius 1 is 1.30 bits per heavy atom. The molecule has 1 atom stereocenters. The molecule has 5 nitrogen and oxygen atoms in total. The second-order valence-corrected chi connectivity index (χ2v) is 5.13. The van der Waals surface area contributed by atoms with Gasteiger partial charge >= 0.3 is 6.18 Å². The number of alkyl halides is 3. The smallest absolute Gasteiger partial charge is 0.311 e. The number of hydrogen-bond donors (Lipinski definition) is 0. The zero-order valence-corrected chi connectivity index (χ0v) is 11.4. The van der Waals surface area contributed by atoms with E-state index in [1.807, 2.05) is 18.7 Å². The topological polar surface area (TPSA) is 45.8 Å². The molecule has 3 rings (SSSR count). The summed E-state index contributed by atoms with van der Waals surface area (Å²) in [5.41, 5.74) is 1.36. The van der Waals surface area contributed by atoms with Crippen LogP contribution >= 0.6 is 0 Å². The van der Waals surface area contributed by atoms with Crippen LogP contribution in [0.25, 0.3) is 0 Å². The van der Waals surface area contributed by atoms with Gasteiger partial charge in [0.2, 0.25) is 0 Å². The van der Waals surface area contributed by atoms with Crippen molar-refractivity contribution in [1.82, 2.24) is 14.7 Å². The number of aliphatic imine (C=N–C) groups is 2. The molecule has 0 bridgehead atoms. The summed E-state index contributed by atoms with van der Waals surface area (Å²) < 4.78 is 39.0. The van der Waals surface area contributed by atoms with Crippen molar-refractivity contribution in [3.8, 4) is 0 Å². The lowest BCUT2D eigenvalue weighted by Crippen LogP contribution is -2.38. The SMILES string of the molecule is CC1=Nc2c(C)nn(CC(F)(F)F)c2C2=NC(C)CN12. The Hall–Kier alpha value is -1.86. The zero-order valence-electron chi connectivity index (χ0n) is 11.4. The van der Waals surface area contributed by atoms with Gasteiger partial charge < -0.3 is 4.90 Å². The average molecular weight is 285 g/mol. The van der Waals surface area contributed by atoms with E-state index < -0.39 is 12.7 Å². The fraction of sp³-hybridized carbons (Fsp3) is 0.583. The van der Waals surface area contributed by atoms with Gasteiger partial charge in [0.1, 0.15) is 23.8 Å². The number of rotatable bonds is 1. The standard InChI is InChI=1S/C12H14F3N5/c1-6-4-19-8(3)17-9-7(2)18-20(5-12(13,14)15)10(9)11(19)16-6/h6H,4-5H2,1-3H3. The molecular formula is C12H14F3N5. The Morgan fingerprint density at radius 2 is 2.00 bits per heavy atom. The van der Waals surface area contributed by atoms with Crippen molar-refractivity contribution in [2.75, 3.05) is 6.54 Å². The van der Waals surface area contributed by atoms with Gasteiger partial charge in [-0.2, -0.15) is 18.3 Å². The molecule has 8 heteroatoms. The van der Waals surface area contributed by atoms with Crippen LogP contribution in [0.5, 0.6) is 0 Å². The number of aromatic nitrogens is 2. The van der Waals surface area contributed by atoms with Crippen LogP contribution in [0, 0.1) is 6.92 Å². The molecule has 20 heavy (non-hydrogen) atoms. The Labute approximate surface area is 113 Å². The van der Waals surface area contributed by atoms with Gasteiger partial charge in [0.05, 0.1) is 11.7 Å². The third-order valence-electron chi connectivity index (χ3n) is 3.35. The first kappa shape index (κ1) is 13.1. The number of amidine groups is 2. The Balaban J connectivity index is 2.16. The van der Waals surface area contributed by atoms with E-state index >= 15 is 0 Å². The minimum Gasteiger partial charge on any atom is -0.311 e. The molecule has 0 aromatic carbocycles. The maximum atomic E-state index is 12.7. The third-order valence-corrected chi connectivity index (χ3v) is 3.35. The summed E-state index contributed by atoms with van der Waals surface area (Å²) in [5, 5.41) is 3.98. The minimum atomic E-state index is -4.32. The summed E-state index contributed by atoms with van der Waals surface area (Å²) >= 11 is 0. The van der Waals surface area contributed by atoms with Gasteiger partial charge in [-0.3, -0.25) is 4.99 Å². The molecule has 0 fully saturated rings. The maximum Gasteiger partial charge on any atom is 0.408 e. The van der Waals surface area contributed by atoms with Gasteiger partial charge in [-0.15, -0.1) is 0 Å². The van der Waals surface area contributed by atoms with Crippen LogP contribution in [0.15, 0.2) is 9.98 Å². The van der Waals surface area contributed by atoms with Crippen molar-refractivity contribution < 1.29 is 13.2 Å². The van der Waals surface area contributed by atoms with E-state index in [2.05, 4.69) is 15.1 Å². The fourth-order valence-corrected chi connectivity index (χ4v) is 2.58. The minimum absolute atomic E-state index is 0.0376. The fourth-order valence-electron chi connectivity index (χ4n) is 2.58. The number of nitrogens with zero attached hydrogens (tertiary/aromatic N) is 5. The van der Waals surface area contributed by atoms with Crippen LogP contribution in [0.3, 0.4) is 0 Å². The molecule has 0 saturated carbocycles. The summed E-state index contributed by atoms with van der Waals surface area (Å²) in [6.07, 6.45) is -4.32. The molecule has 0 amide bonds. The lowest BCUT2D eigenvalue weighted by Gasteiger charge is -2.25. The van der Waals surface area contributed by atoms with Crippen molar-refractivity contribution in [2.45, 2.75) is 39.5 Å².